The fraction of sp³-hybridized carbons (Fsp3) is 0.400. The summed E-state index contributed by atoms with van der Waals surface area (Å²) in [5, 5.41) is 0. The van der Waals surface area contributed by atoms with Crippen LogP contribution in [0.15, 0.2) is 24.3 Å². The van der Waals surface area contributed by atoms with Gasteiger partial charge >= 0.3 is 0 Å². The van der Waals surface area contributed by atoms with Crippen molar-refractivity contribution in [1.29, 1.82) is 0 Å². The second-order valence-electron chi connectivity index (χ2n) is 7.16. The Morgan fingerprint density at radius 2 is 1.10 bits per heavy atom. The highest BCUT2D eigenvalue weighted by molar-refractivity contribution is 5.88. The molecule has 0 heteroatoms. The van der Waals surface area contributed by atoms with Gasteiger partial charge in [-0.2, -0.15) is 0 Å². The van der Waals surface area contributed by atoms with Gasteiger partial charge in [0.2, 0.25) is 0 Å². The Bertz CT molecular complexity index is 716. The van der Waals surface area contributed by atoms with Crippen molar-refractivity contribution in [2.24, 2.45) is 5.92 Å². The maximum atomic E-state index is 2.45. The molecule has 0 saturated carbocycles. The van der Waals surface area contributed by atoms with E-state index in [9.17, 15) is 0 Å². The van der Waals surface area contributed by atoms with Gasteiger partial charge in [0.05, 0.1) is 0 Å². The first-order valence-corrected chi connectivity index (χ1v) is 8.21. The van der Waals surface area contributed by atoms with E-state index in [-0.39, 0.29) is 0 Å². The van der Waals surface area contributed by atoms with E-state index in [4.69, 9.17) is 0 Å². The minimum absolute atomic E-state index is 0.769. The van der Waals surface area contributed by atoms with Crippen LogP contribution in [0.1, 0.15) is 52.1 Å². The van der Waals surface area contributed by atoms with Crippen LogP contribution in [0.4, 0.5) is 0 Å². The maximum absolute atomic E-state index is 2.45. The van der Waals surface area contributed by atoms with Gasteiger partial charge in [0.15, 0.2) is 0 Å². The summed E-state index contributed by atoms with van der Waals surface area (Å²) in [5.74, 6) is 1.70. The Balaban J connectivity index is 1.85. The maximum Gasteiger partial charge on any atom is 0.0136 e. The molecule has 0 radical (unpaired) electrons. The third kappa shape index (κ3) is 0.974. The van der Waals surface area contributed by atoms with Crippen LogP contribution in [-0.4, -0.2) is 0 Å². The SMILES string of the molecule is c1cc2c3c4c1CCc1ccc5c(c1-4)C3C(CC2)CC5. The summed E-state index contributed by atoms with van der Waals surface area (Å²) in [5.41, 5.74) is 13.5. The first-order valence-electron chi connectivity index (χ1n) is 8.21. The van der Waals surface area contributed by atoms with E-state index in [0.29, 0.717) is 0 Å². The van der Waals surface area contributed by atoms with Crippen molar-refractivity contribution in [3.8, 4) is 11.1 Å². The molecule has 0 nitrogen and oxygen atoms in total. The number of benzene rings is 2. The largest absolute Gasteiger partial charge is 0.0584 e. The molecule has 98 valence electrons. The molecule has 0 heterocycles. The summed E-state index contributed by atoms with van der Waals surface area (Å²) in [7, 11) is 0. The van der Waals surface area contributed by atoms with Crippen LogP contribution in [0.5, 0.6) is 0 Å². The molecular weight excluding hydrogens is 240 g/mol. The summed E-state index contributed by atoms with van der Waals surface area (Å²) in [6.07, 6.45) is 7.99. The molecule has 0 fully saturated rings. The molecule has 0 aliphatic heterocycles. The lowest BCUT2D eigenvalue weighted by Gasteiger charge is -2.36. The zero-order valence-electron chi connectivity index (χ0n) is 11.7. The van der Waals surface area contributed by atoms with Crippen molar-refractivity contribution < 1.29 is 0 Å². The van der Waals surface area contributed by atoms with E-state index in [1.165, 1.54) is 38.5 Å². The van der Waals surface area contributed by atoms with Crippen LogP contribution in [0.25, 0.3) is 11.1 Å². The van der Waals surface area contributed by atoms with Crippen LogP contribution >= 0.6 is 0 Å². The topological polar surface area (TPSA) is 0 Å². The molecule has 4 aliphatic rings. The van der Waals surface area contributed by atoms with Gasteiger partial charge in [-0.25, -0.2) is 0 Å². The normalized spacial score (nSPS) is 26.8. The second kappa shape index (κ2) is 3.19. The molecule has 6 rings (SSSR count). The van der Waals surface area contributed by atoms with Crippen molar-refractivity contribution in [1.82, 2.24) is 0 Å². The monoisotopic (exact) mass is 258 g/mol. The lowest BCUT2D eigenvalue weighted by Crippen LogP contribution is -2.24. The van der Waals surface area contributed by atoms with Crippen molar-refractivity contribution in [2.75, 3.05) is 0 Å². The predicted molar refractivity (Wildman–Crippen MR) is 81.3 cm³/mol. The van der Waals surface area contributed by atoms with Crippen molar-refractivity contribution in [3.05, 3.63) is 57.6 Å². The molecule has 0 spiro atoms. The minimum Gasteiger partial charge on any atom is -0.0584 e. The Morgan fingerprint density at radius 1 is 0.600 bits per heavy atom. The summed E-state index contributed by atoms with van der Waals surface area (Å²) >= 11 is 0. The van der Waals surface area contributed by atoms with Crippen molar-refractivity contribution >= 4 is 0 Å². The molecule has 2 aromatic rings. The highest BCUT2D eigenvalue weighted by Gasteiger charge is 2.44. The Kier molecular flexibility index (Phi) is 1.63. The number of hydrogen-bond acceptors (Lipinski definition) is 0. The predicted octanol–water partition coefficient (Wildman–Crippen LogP) is 4.41. The van der Waals surface area contributed by atoms with Crippen LogP contribution in [0, 0.1) is 5.92 Å². The first kappa shape index (κ1) is 10.2. The molecule has 0 aromatic heterocycles. The average molecular weight is 258 g/mol. The fourth-order valence-corrected chi connectivity index (χ4v) is 5.61. The number of rotatable bonds is 0. The molecule has 20 heavy (non-hydrogen) atoms. The second-order valence-corrected chi connectivity index (χ2v) is 7.16. The zero-order valence-corrected chi connectivity index (χ0v) is 11.7. The highest BCUT2D eigenvalue weighted by atomic mass is 14.5. The van der Waals surface area contributed by atoms with Gasteiger partial charge in [0.25, 0.3) is 0 Å². The highest BCUT2D eigenvalue weighted by Crippen LogP contribution is 2.60. The van der Waals surface area contributed by atoms with Crippen LogP contribution in [0.2, 0.25) is 0 Å². The van der Waals surface area contributed by atoms with E-state index in [1.807, 2.05) is 0 Å². The summed E-state index contributed by atoms with van der Waals surface area (Å²) in [4.78, 5) is 0. The van der Waals surface area contributed by atoms with Gasteiger partial charge in [-0.05, 0) is 89.0 Å². The van der Waals surface area contributed by atoms with Crippen LogP contribution in [0.3, 0.4) is 0 Å². The molecular formula is C20H18. The molecule has 0 atom stereocenters. The van der Waals surface area contributed by atoms with Gasteiger partial charge in [0, 0.05) is 5.92 Å². The Labute approximate surface area is 119 Å². The molecule has 0 amide bonds. The van der Waals surface area contributed by atoms with Gasteiger partial charge < -0.3 is 0 Å². The average Bonchev–Trinajstić information content (AvgIpc) is 2.88. The van der Waals surface area contributed by atoms with E-state index in [0.717, 1.165) is 11.8 Å². The first-order chi connectivity index (χ1) is 9.92. The quantitative estimate of drug-likeness (QED) is 0.656. The lowest BCUT2D eigenvalue weighted by atomic mass is 9.68. The summed E-state index contributed by atoms with van der Waals surface area (Å²) < 4.78 is 0. The van der Waals surface area contributed by atoms with E-state index in [1.54, 1.807) is 44.5 Å². The van der Waals surface area contributed by atoms with Gasteiger partial charge in [0.1, 0.15) is 0 Å². The molecule has 0 unspecified atom stereocenters. The molecule has 2 aromatic carbocycles. The standard InChI is InChI=1S/C20H18/c1-2-12-5-6-14-9-10-15-8-7-13-4-3-11(1)16-17(12)19(14)20(15)18(13)16/h1-2,7-8,14,19H,3-6,9-10H2. The Morgan fingerprint density at radius 3 is 1.65 bits per heavy atom. The molecule has 4 aliphatic carbocycles. The van der Waals surface area contributed by atoms with Crippen molar-refractivity contribution in [2.45, 2.75) is 44.4 Å². The third-order valence-corrected chi connectivity index (χ3v) is 6.42. The smallest absolute Gasteiger partial charge is 0.0136 e. The van der Waals surface area contributed by atoms with E-state index in [2.05, 4.69) is 24.3 Å². The zero-order chi connectivity index (χ0) is 12.8. The van der Waals surface area contributed by atoms with Gasteiger partial charge in [-0.1, -0.05) is 24.3 Å². The van der Waals surface area contributed by atoms with Gasteiger partial charge in [-0.3, -0.25) is 0 Å². The van der Waals surface area contributed by atoms with Gasteiger partial charge in [-0.15, -0.1) is 0 Å². The molecule has 0 saturated heterocycles. The Hall–Kier alpha value is -1.56. The number of aryl methyl sites for hydroxylation is 4. The van der Waals surface area contributed by atoms with Crippen LogP contribution in [-0.2, 0) is 25.7 Å². The lowest BCUT2D eigenvalue weighted by molar-refractivity contribution is 0.369. The summed E-state index contributed by atoms with van der Waals surface area (Å²) in [6, 6.07) is 9.79. The minimum atomic E-state index is 0.769. The van der Waals surface area contributed by atoms with E-state index >= 15 is 0 Å². The van der Waals surface area contributed by atoms with Crippen LogP contribution < -0.4 is 0 Å². The molecule has 0 bridgehead atoms. The van der Waals surface area contributed by atoms with E-state index < -0.39 is 0 Å². The molecule has 0 N–H and O–H groups in total. The fourth-order valence-electron chi connectivity index (χ4n) is 5.61. The third-order valence-electron chi connectivity index (χ3n) is 6.42. The van der Waals surface area contributed by atoms with Crippen molar-refractivity contribution in [3.63, 3.8) is 0 Å². The summed E-state index contributed by atoms with van der Waals surface area (Å²) in [6.45, 7) is 0. The number of hydrogen-bond donors (Lipinski definition) is 0.